The van der Waals surface area contributed by atoms with Crippen LogP contribution in [-0.4, -0.2) is 90.3 Å². The molecule has 1 aromatic heterocycles. The lowest BCUT2D eigenvalue weighted by Gasteiger charge is -2.36. The van der Waals surface area contributed by atoms with E-state index in [2.05, 4.69) is 26.5 Å². The lowest BCUT2D eigenvalue weighted by Crippen LogP contribution is -2.49. The average Bonchev–Trinajstić information content (AvgIpc) is 3.54. The van der Waals surface area contributed by atoms with Gasteiger partial charge in [0.25, 0.3) is 5.91 Å². The molecule has 11 nitrogen and oxygen atoms in total. The maximum Gasteiger partial charge on any atom is 0.255 e. The van der Waals surface area contributed by atoms with Gasteiger partial charge in [0.15, 0.2) is 0 Å². The normalized spacial score (nSPS) is 14.6. The van der Waals surface area contributed by atoms with Crippen LogP contribution in [0.15, 0.2) is 66.9 Å². The molecule has 0 radical (unpaired) electrons. The number of carbonyl (C=O) groups excluding carboxylic acids is 1. The summed E-state index contributed by atoms with van der Waals surface area (Å²) in [6, 6.07) is 18.8. The van der Waals surface area contributed by atoms with Gasteiger partial charge in [-0.25, -0.2) is 4.98 Å². The molecule has 1 fully saturated rings. The molecule has 0 bridgehead atoms. The molecular formula is C37H42ClN5O6. The fourth-order valence-corrected chi connectivity index (χ4v) is 6.71. The number of pyridine rings is 1. The summed E-state index contributed by atoms with van der Waals surface area (Å²) in [7, 11) is 3.23. The molecular weight excluding hydrogens is 646 g/mol. The quantitative estimate of drug-likeness (QED) is 0.132. The van der Waals surface area contributed by atoms with Crippen molar-refractivity contribution in [2.24, 2.45) is 0 Å². The van der Waals surface area contributed by atoms with Gasteiger partial charge in [-0.2, -0.15) is 0 Å². The summed E-state index contributed by atoms with van der Waals surface area (Å²) in [6.45, 7) is 3.12. The highest BCUT2D eigenvalue weighted by Crippen LogP contribution is 2.43. The second-order valence-corrected chi connectivity index (χ2v) is 12.8. The van der Waals surface area contributed by atoms with Gasteiger partial charge in [-0.3, -0.25) is 9.69 Å². The topological polar surface area (TPSA) is 140 Å². The van der Waals surface area contributed by atoms with Crippen LogP contribution in [0.25, 0.3) is 11.1 Å². The highest BCUT2D eigenvalue weighted by atomic mass is 35.5. The van der Waals surface area contributed by atoms with Gasteiger partial charge < -0.3 is 40.3 Å². The lowest BCUT2D eigenvalue weighted by atomic mass is 9.97. The minimum absolute atomic E-state index is 0.163. The number of β-amino-alcohol motifs (C(OH)–C–C–N with tert-alkyl or cyclic N) is 1. The second-order valence-electron chi connectivity index (χ2n) is 12.4. The van der Waals surface area contributed by atoms with E-state index < -0.39 is 6.04 Å². The first-order chi connectivity index (χ1) is 23.8. The van der Waals surface area contributed by atoms with Crippen LogP contribution >= 0.6 is 11.6 Å². The Morgan fingerprint density at radius 2 is 1.80 bits per heavy atom. The molecule has 0 saturated carbocycles. The third-order valence-corrected chi connectivity index (χ3v) is 9.52. The maximum atomic E-state index is 13.4. The van der Waals surface area contributed by atoms with E-state index in [1.165, 1.54) is 0 Å². The van der Waals surface area contributed by atoms with E-state index in [0.717, 1.165) is 57.9 Å². The number of carbonyl (C=O) groups is 1. The van der Waals surface area contributed by atoms with Crippen molar-refractivity contribution in [3.8, 4) is 16.9 Å². The standard InChI is InChI=1S/C37H42ClN5O6/c1-48-22-25-14-35(40-16-26(25)15-39-27(20-44)21-45)43-12-11-30-29(5-4-8-33(30)43)31-6-3-7-32(36(31)38)41-37(47)23-9-10-24(34(13-23)49-2)17-42-18-28(46)19-42/h3-10,13-14,16,27-28,39,44-46H,11-12,15,17-22H2,1-2H3,(H,41,47). The van der Waals surface area contributed by atoms with Crippen molar-refractivity contribution < 1.29 is 29.6 Å². The third kappa shape index (κ3) is 7.58. The maximum absolute atomic E-state index is 13.4. The lowest BCUT2D eigenvalue weighted by molar-refractivity contribution is -0.00321. The van der Waals surface area contributed by atoms with Crippen LogP contribution in [-0.2, 0) is 30.9 Å². The van der Waals surface area contributed by atoms with E-state index in [1.807, 2.05) is 42.6 Å². The minimum atomic E-state index is -0.412. The number of amides is 1. The van der Waals surface area contributed by atoms with Crippen LogP contribution in [0.1, 0.15) is 32.6 Å². The summed E-state index contributed by atoms with van der Waals surface area (Å²) in [5.41, 5.74) is 7.78. The zero-order valence-corrected chi connectivity index (χ0v) is 28.4. The number of aliphatic hydroxyl groups excluding tert-OH is 3. The van der Waals surface area contributed by atoms with Crippen LogP contribution in [0, 0.1) is 0 Å². The number of nitrogens with zero attached hydrogens (tertiary/aromatic N) is 3. The number of benzene rings is 3. The Balaban J connectivity index is 1.22. The van der Waals surface area contributed by atoms with Crippen molar-refractivity contribution in [1.29, 1.82) is 0 Å². The molecule has 0 aliphatic carbocycles. The first-order valence-corrected chi connectivity index (χ1v) is 16.7. The molecule has 6 rings (SSSR count). The molecule has 258 valence electrons. The predicted octanol–water partition coefficient (Wildman–Crippen LogP) is 4.12. The van der Waals surface area contributed by atoms with Crippen LogP contribution in [0.3, 0.4) is 0 Å². The van der Waals surface area contributed by atoms with Crippen molar-refractivity contribution in [3.05, 3.63) is 99.7 Å². The van der Waals surface area contributed by atoms with Gasteiger partial charge in [0.1, 0.15) is 11.6 Å². The molecule has 0 unspecified atom stereocenters. The Labute approximate surface area is 291 Å². The Bertz CT molecular complexity index is 1800. The van der Waals surface area contributed by atoms with Crippen LogP contribution in [0.5, 0.6) is 5.75 Å². The van der Waals surface area contributed by atoms with Crippen molar-refractivity contribution in [1.82, 2.24) is 15.2 Å². The molecule has 3 heterocycles. The average molecular weight is 688 g/mol. The van der Waals surface area contributed by atoms with Crippen molar-refractivity contribution in [2.45, 2.75) is 38.3 Å². The Morgan fingerprint density at radius 3 is 2.53 bits per heavy atom. The third-order valence-electron chi connectivity index (χ3n) is 9.11. The number of fused-ring (bicyclic) bond motifs is 1. The summed E-state index contributed by atoms with van der Waals surface area (Å²) in [5, 5.41) is 35.1. The molecule has 1 amide bonds. The number of rotatable bonds is 14. The number of likely N-dealkylation sites (tertiary alicyclic amines) is 1. The molecule has 2 aliphatic heterocycles. The monoisotopic (exact) mass is 687 g/mol. The Hall–Kier alpha value is -4.07. The first-order valence-electron chi connectivity index (χ1n) is 16.3. The Morgan fingerprint density at radius 1 is 1.02 bits per heavy atom. The molecule has 2 aliphatic rings. The summed E-state index contributed by atoms with van der Waals surface area (Å²) in [4.78, 5) is 22.5. The van der Waals surface area contributed by atoms with Gasteiger partial charge in [-0.05, 0) is 59.0 Å². The molecule has 5 N–H and O–H groups in total. The van der Waals surface area contributed by atoms with Crippen LogP contribution in [0.2, 0.25) is 5.02 Å². The van der Waals surface area contributed by atoms with Gasteiger partial charge in [-0.15, -0.1) is 0 Å². The van der Waals surface area contributed by atoms with Gasteiger partial charge in [-0.1, -0.05) is 41.9 Å². The van der Waals surface area contributed by atoms with E-state index >= 15 is 0 Å². The molecule has 12 heteroatoms. The number of aliphatic hydroxyl groups is 3. The van der Waals surface area contributed by atoms with Crippen molar-refractivity contribution >= 4 is 34.7 Å². The van der Waals surface area contributed by atoms with E-state index in [1.54, 1.807) is 32.4 Å². The number of nitrogens with one attached hydrogen (secondary N) is 2. The zero-order chi connectivity index (χ0) is 34.5. The molecule has 0 atom stereocenters. The molecule has 0 spiro atoms. The number of aromatic nitrogens is 1. The van der Waals surface area contributed by atoms with Gasteiger partial charge >= 0.3 is 0 Å². The second kappa shape index (κ2) is 15.6. The van der Waals surface area contributed by atoms with E-state index in [4.69, 9.17) is 26.1 Å². The van der Waals surface area contributed by atoms with Crippen molar-refractivity contribution in [3.63, 3.8) is 0 Å². The summed E-state index contributed by atoms with van der Waals surface area (Å²) in [6.07, 6.45) is 2.30. The number of hydrogen-bond donors (Lipinski definition) is 5. The highest BCUT2D eigenvalue weighted by Gasteiger charge is 2.27. The largest absolute Gasteiger partial charge is 0.496 e. The van der Waals surface area contributed by atoms with E-state index in [0.29, 0.717) is 54.8 Å². The van der Waals surface area contributed by atoms with Crippen LogP contribution < -0.4 is 20.3 Å². The van der Waals surface area contributed by atoms with Gasteiger partial charge in [0.05, 0.1) is 49.8 Å². The summed E-state index contributed by atoms with van der Waals surface area (Å²) >= 11 is 7.01. The molecule has 4 aromatic rings. The SMILES string of the molecule is COCc1cc(N2CCc3c(-c4cccc(NC(=O)c5ccc(CN6CC(O)C6)c(OC)c5)c4Cl)cccc32)ncc1CNC(CO)CO. The number of halogens is 1. The fraction of sp³-hybridized carbons (Fsp3) is 0.351. The van der Waals surface area contributed by atoms with E-state index in [9.17, 15) is 20.1 Å². The summed E-state index contributed by atoms with van der Waals surface area (Å²) < 4.78 is 11.1. The highest BCUT2D eigenvalue weighted by molar-refractivity contribution is 6.36. The number of ether oxygens (including phenoxy) is 2. The zero-order valence-electron chi connectivity index (χ0n) is 27.7. The van der Waals surface area contributed by atoms with E-state index in [-0.39, 0.29) is 25.2 Å². The predicted molar refractivity (Wildman–Crippen MR) is 190 cm³/mol. The van der Waals surface area contributed by atoms with Crippen molar-refractivity contribution in [2.75, 3.05) is 57.3 Å². The molecule has 1 saturated heterocycles. The molecule has 49 heavy (non-hydrogen) atoms. The fourth-order valence-electron chi connectivity index (χ4n) is 6.44. The van der Waals surface area contributed by atoms with Crippen LogP contribution in [0.4, 0.5) is 17.2 Å². The Kier molecular flexibility index (Phi) is 11.1. The minimum Gasteiger partial charge on any atom is -0.496 e. The summed E-state index contributed by atoms with van der Waals surface area (Å²) in [5.74, 6) is 1.11. The number of hydrogen-bond acceptors (Lipinski definition) is 10. The molecule has 3 aromatic carbocycles. The smallest absolute Gasteiger partial charge is 0.255 e. The number of anilines is 3. The number of methoxy groups -OCH3 is 2. The van der Waals surface area contributed by atoms with Gasteiger partial charge in [0.2, 0.25) is 0 Å². The van der Waals surface area contributed by atoms with Gasteiger partial charge in [0, 0.05) is 68.4 Å². The first kappa shape index (κ1) is 34.8.